The Hall–Kier alpha value is -3.35. The maximum Gasteiger partial charge on any atom is 0.329 e. The number of aliphatic hydroxyl groups excluding tert-OH is 1. The van der Waals surface area contributed by atoms with Crippen LogP contribution in [0.25, 0.3) is 27.9 Å². The van der Waals surface area contributed by atoms with Crippen LogP contribution in [0.1, 0.15) is 32.3 Å². The third kappa shape index (κ3) is 2.70. The van der Waals surface area contributed by atoms with E-state index in [0.717, 1.165) is 5.56 Å². The molecule has 7 heteroatoms. The van der Waals surface area contributed by atoms with Crippen LogP contribution in [0.4, 0.5) is 0 Å². The Labute approximate surface area is 160 Å². The van der Waals surface area contributed by atoms with Crippen molar-refractivity contribution in [1.29, 1.82) is 0 Å². The van der Waals surface area contributed by atoms with E-state index in [1.807, 2.05) is 44.2 Å². The van der Waals surface area contributed by atoms with E-state index in [9.17, 15) is 19.5 Å². The van der Waals surface area contributed by atoms with Gasteiger partial charge in [0.1, 0.15) is 11.4 Å². The number of Topliss-reactive ketones (excluding diaryl/α,β-unsaturated/α-hetero) is 1. The van der Waals surface area contributed by atoms with Crippen LogP contribution in [-0.4, -0.2) is 25.4 Å². The van der Waals surface area contributed by atoms with Crippen LogP contribution in [0.2, 0.25) is 0 Å². The topological polar surface area (TPSA) is 108 Å². The molecule has 0 unspecified atom stereocenters. The number of rotatable bonds is 2. The Balaban J connectivity index is 2.16. The molecule has 4 rings (SSSR count). The molecule has 0 fully saturated rings. The van der Waals surface area contributed by atoms with E-state index in [1.165, 1.54) is 11.6 Å². The number of aryl methyl sites for hydroxylation is 1. The monoisotopic (exact) mass is 379 g/mol. The quantitative estimate of drug-likeness (QED) is 0.636. The van der Waals surface area contributed by atoms with Crippen LogP contribution in [0.15, 0.2) is 45.7 Å². The van der Waals surface area contributed by atoms with E-state index in [2.05, 4.69) is 9.97 Å². The maximum absolute atomic E-state index is 13.0. The second-order valence-electron chi connectivity index (χ2n) is 8.05. The summed E-state index contributed by atoms with van der Waals surface area (Å²) in [5.41, 5.74) is 0.562. The number of fused-ring (bicyclic) bond motifs is 1. The van der Waals surface area contributed by atoms with E-state index in [4.69, 9.17) is 0 Å². The number of aliphatic hydroxyl groups is 1. The second kappa shape index (κ2) is 6.09. The van der Waals surface area contributed by atoms with Crippen molar-refractivity contribution in [3.8, 4) is 11.3 Å². The lowest BCUT2D eigenvalue weighted by molar-refractivity contribution is -0.116. The highest BCUT2D eigenvalue weighted by atomic mass is 16.3. The normalized spacial score (nSPS) is 16.8. The third-order valence-electron chi connectivity index (χ3n) is 5.23. The predicted molar refractivity (Wildman–Crippen MR) is 107 cm³/mol. The van der Waals surface area contributed by atoms with Crippen molar-refractivity contribution >= 4 is 22.4 Å². The molecule has 0 spiro atoms. The molecule has 3 aromatic rings. The summed E-state index contributed by atoms with van der Waals surface area (Å²) in [6.45, 7) is 3.84. The van der Waals surface area contributed by atoms with Crippen LogP contribution < -0.4 is 11.2 Å². The molecule has 1 aliphatic carbocycles. The minimum Gasteiger partial charge on any atom is -0.512 e. The van der Waals surface area contributed by atoms with Gasteiger partial charge >= 0.3 is 5.69 Å². The van der Waals surface area contributed by atoms with Gasteiger partial charge in [0.25, 0.3) is 5.56 Å². The first kappa shape index (κ1) is 18.0. The van der Waals surface area contributed by atoms with Crippen LogP contribution in [0.3, 0.4) is 0 Å². The average Bonchev–Trinajstić information content (AvgIpc) is 3.00. The lowest BCUT2D eigenvalue weighted by Crippen LogP contribution is -2.29. The first-order valence-corrected chi connectivity index (χ1v) is 9.06. The summed E-state index contributed by atoms with van der Waals surface area (Å²) in [7, 11) is 1.54. The minimum absolute atomic E-state index is 0.0346. The molecule has 0 amide bonds. The summed E-state index contributed by atoms with van der Waals surface area (Å²) in [6, 6.07) is 9.23. The van der Waals surface area contributed by atoms with Crippen molar-refractivity contribution in [1.82, 2.24) is 14.5 Å². The van der Waals surface area contributed by atoms with E-state index < -0.39 is 11.2 Å². The molecule has 0 saturated carbocycles. The molecular formula is C21H21N3O4. The average molecular weight is 379 g/mol. The van der Waals surface area contributed by atoms with Crippen LogP contribution in [-0.2, 0) is 11.8 Å². The predicted octanol–water partition coefficient (Wildman–Crippen LogP) is 2.88. The summed E-state index contributed by atoms with van der Waals surface area (Å²) in [5.74, 6) is -0.257. The number of aromatic nitrogens is 3. The van der Waals surface area contributed by atoms with Gasteiger partial charge in [0, 0.05) is 25.5 Å². The van der Waals surface area contributed by atoms with Crippen molar-refractivity contribution in [2.75, 3.05) is 0 Å². The number of hydrogen-bond acceptors (Lipinski definition) is 4. The first-order chi connectivity index (χ1) is 13.2. The number of benzene rings is 1. The zero-order valence-electron chi connectivity index (χ0n) is 15.9. The number of carbonyl (C=O) groups is 1. The number of nitrogens with one attached hydrogen (secondary N) is 2. The van der Waals surface area contributed by atoms with Gasteiger partial charge in [-0.1, -0.05) is 44.2 Å². The fourth-order valence-corrected chi connectivity index (χ4v) is 3.95. The zero-order chi connectivity index (χ0) is 20.2. The smallest absolute Gasteiger partial charge is 0.329 e. The van der Waals surface area contributed by atoms with Gasteiger partial charge in [-0.2, -0.15) is 0 Å². The molecule has 1 aliphatic rings. The summed E-state index contributed by atoms with van der Waals surface area (Å²) in [4.78, 5) is 43.2. The van der Waals surface area contributed by atoms with Crippen molar-refractivity contribution in [3.05, 3.63) is 62.5 Å². The summed E-state index contributed by atoms with van der Waals surface area (Å²) < 4.78 is 1.29. The van der Waals surface area contributed by atoms with Gasteiger partial charge in [-0.05, 0) is 11.0 Å². The molecule has 144 valence electrons. The highest BCUT2D eigenvalue weighted by Gasteiger charge is 2.36. The highest BCUT2D eigenvalue weighted by molar-refractivity contribution is 6.26. The van der Waals surface area contributed by atoms with Gasteiger partial charge in [0.15, 0.2) is 5.78 Å². The lowest BCUT2D eigenvalue weighted by Gasteiger charge is -2.29. The Kier molecular flexibility index (Phi) is 3.92. The third-order valence-corrected chi connectivity index (χ3v) is 5.23. The molecule has 0 saturated heterocycles. The van der Waals surface area contributed by atoms with Gasteiger partial charge in [-0.15, -0.1) is 0 Å². The fourth-order valence-electron chi connectivity index (χ4n) is 3.95. The Morgan fingerprint density at radius 3 is 2.36 bits per heavy atom. The van der Waals surface area contributed by atoms with Gasteiger partial charge in [0.2, 0.25) is 0 Å². The Morgan fingerprint density at radius 2 is 1.71 bits per heavy atom. The van der Waals surface area contributed by atoms with Crippen molar-refractivity contribution in [2.24, 2.45) is 12.5 Å². The van der Waals surface area contributed by atoms with Gasteiger partial charge < -0.3 is 10.1 Å². The number of hydrogen-bond donors (Lipinski definition) is 3. The van der Waals surface area contributed by atoms with Crippen molar-refractivity contribution in [3.63, 3.8) is 0 Å². The molecule has 7 nitrogen and oxygen atoms in total. The van der Waals surface area contributed by atoms with Gasteiger partial charge in [-0.25, -0.2) is 4.79 Å². The van der Waals surface area contributed by atoms with E-state index in [1.54, 1.807) is 0 Å². The molecule has 0 bridgehead atoms. The number of aromatic amines is 2. The SMILES string of the molecule is Cn1c(=O)[nH]c(=O)c2c(C3=C(O)CC(C)(C)CC3=O)c(-c3ccccc3)[nH]c21. The first-order valence-electron chi connectivity index (χ1n) is 9.06. The van der Waals surface area contributed by atoms with Crippen molar-refractivity contribution < 1.29 is 9.90 Å². The van der Waals surface area contributed by atoms with Crippen molar-refractivity contribution in [2.45, 2.75) is 26.7 Å². The largest absolute Gasteiger partial charge is 0.512 e. The fraction of sp³-hybridized carbons (Fsp3) is 0.286. The number of allylic oxidation sites excluding steroid dienone is 2. The molecule has 0 aliphatic heterocycles. The van der Waals surface area contributed by atoms with E-state index in [-0.39, 0.29) is 34.3 Å². The maximum atomic E-state index is 13.0. The lowest BCUT2D eigenvalue weighted by atomic mass is 9.74. The summed E-state index contributed by atoms with van der Waals surface area (Å²) in [6.07, 6.45) is 0.593. The van der Waals surface area contributed by atoms with Gasteiger partial charge in [-0.3, -0.25) is 19.1 Å². The van der Waals surface area contributed by atoms with Crippen LogP contribution in [0, 0.1) is 5.41 Å². The van der Waals surface area contributed by atoms with Crippen LogP contribution in [0.5, 0.6) is 0 Å². The standard InChI is InChI=1S/C21H21N3O4/c1-21(2)9-12(25)14(13(26)10-21)15-16-18(24(3)20(28)23-19(16)27)22-17(15)11-7-5-4-6-8-11/h4-8,22,25H,9-10H2,1-3H3,(H,23,27,28). The number of H-pyrrole nitrogens is 2. The zero-order valence-corrected chi connectivity index (χ0v) is 15.9. The number of nitrogens with zero attached hydrogens (tertiary/aromatic N) is 1. The second-order valence-corrected chi connectivity index (χ2v) is 8.05. The number of carbonyl (C=O) groups excluding carboxylic acids is 1. The van der Waals surface area contributed by atoms with E-state index >= 15 is 0 Å². The van der Waals surface area contributed by atoms with Crippen LogP contribution >= 0.6 is 0 Å². The Morgan fingerprint density at radius 1 is 1.04 bits per heavy atom. The molecular weight excluding hydrogens is 358 g/mol. The molecule has 1 aromatic carbocycles. The minimum atomic E-state index is -0.593. The molecule has 3 N–H and O–H groups in total. The summed E-state index contributed by atoms with van der Waals surface area (Å²) >= 11 is 0. The molecule has 0 radical (unpaired) electrons. The molecule has 28 heavy (non-hydrogen) atoms. The summed E-state index contributed by atoms with van der Waals surface area (Å²) in [5, 5.41) is 10.9. The van der Waals surface area contributed by atoms with E-state index in [0.29, 0.717) is 23.3 Å². The molecule has 2 aromatic heterocycles. The number of ketones is 1. The Bertz CT molecular complexity index is 1260. The molecule has 0 atom stereocenters. The highest BCUT2D eigenvalue weighted by Crippen LogP contribution is 2.43. The van der Waals surface area contributed by atoms with Gasteiger partial charge in [0.05, 0.1) is 16.7 Å². The molecule has 2 heterocycles.